The van der Waals surface area contributed by atoms with Gasteiger partial charge in [0, 0.05) is 6.07 Å². The first kappa shape index (κ1) is 24.8. The van der Waals surface area contributed by atoms with Gasteiger partial charge in [-0.25, -0.2) is 0 Å². The SMILES string of the molecule is NC(=O)C[C@@](N)(C(=O)O)C(OP(=O)([O-])O)[C@@H]1O[C@@H]([n+]2cccc(C(N)=O)c2)[C@H](O)[C@@H]1O. The number of phosphoric ester groups is 1. The van der Waals surface area contributed by atoms with Crippen molar-refractivity contribution in [2.75, 3.05) is 0 Å². The summed E-state index contributed by atoms with van der Waals surface area (Å²) < 4.78 is 22.2. The summed E-state index contributed by atoms with van der Waals surface area (Å²) in [6, 6.07) is 2.68. The van der Waals surface area contributed by atoms with Gasteiger partial charge in [0.2, 0.25) is 5.91 Å². The van der Waals surface area contributed by atoms with Crippen LogP contribution in [0.3, 0.4) is 0 Å². The number of nitrogens with two attached hydrogens (primary N) is 3. The van der Waals surface area contributed by atoms with Crippen LogP contribution < -0.4 is 26.7 Å². The number of amides is 2. The number of phosphoric acid groups is 1. The van der Waals surface area contributed by atoms with Gasteiger partial charge in [0.05, 0.1) is 6.42 Å². The number of carboxylic acid groups (broad SMARTS) is 1. The molecule has 0 spiro atoms. The number of carbonyl (C=O) groups excluding carboxylic acids is 2. The van der Waals surface area contributed by atoms with Crippen LogP contribution in [0.15, 0.2) is 24.5 Å². The van der Waals surface area contributed by atoms with Crippen LogP contribution in [0.1, 0.15) is 23.0 Å². The molecule has 2 heterocycles. The van der Waals surface area contributed by atoms with E-state index in [0.717, 1.165) is 10.8 Å². The quantitative estimate of drug-likeness (QED) is 0.134. The third-order valence-corrected chi connectivity index (χ3v) is 5.09. The number of aliphatic hydroxyl groups excluding tert-OH is 2. The van der Waals surface area contributed by atoms with Crippen LogP contribution in [0.2, 0.25) is 0 Å². The molecule has 16 heteroatoms. The van der Waals surface area contributed by atoms with Gasteiger partial charge in [-0.3, -0.25) is 18.9 Å². The maximum absolute atomic E-state index is 11.8. The molecule has 10 N–H and O–H groups in total. The fourth-order valence-electron chi connectivity index (χ4n) is 3.16. The molecule has 1 saturated heterocycles. The lowest BCUT2D eigenvalue weighted by Crippen LogP contribution is -2.65. The first-order valence-electron chi connectivity index (χ1n) is 8.52. The Bertz CT molecular complexity index is 924. The van der Waals surface area contributed by atoms with E-state index >= 15 is 0 Å². The maximum atomic E-state index is 11.8. The van der Waals surface area contributed by atoms with Gasteiger partial charge in [0.1, 0.15) is 23.9 Å². The molecule has 1 aliphatic heterocycles. The van der Waals surface area contributed by atoms with Gasteiger partial charge in [-0.1, -0.05) is 0 Å². The molecular weight excluding hydrogens is 443 g/mol. The zero-order valence-electron chi connectivity index (χ0n) is 15.7. The van der Waals surface area contributed by atoms with E-state index in [4.69, 9.17) is 26.8 Å². The number of carboxylic acids is 1. The molecule has 2 rings (SSSR count). The number of ether oxygens (including phenoxy) is 1. The number of rotatable bonds is 9. The number of aliphatic hydroxyl groups is 2. The summed E-state index contributed by atoms with van der Waals surface area (Å²) in [5, 5.41) is 30.3. The largest absolute Gasteiger partial charge is 0.756 e. The Labute approximate surface area is 174 Å². The van der Waals surface area contributed by atoms with E-state index < -0.39 is 68.2 Å². The lowest BCUT2D eigenvalue weighted by Gasteiger charge is -2.38. The molecule has 2 unspecified atom stereocenters. The summed E-state index contributed by atoms with van der Waals surface area (Å²) in [6.07, 6.45) is -8.46. The van der Waals surface area contributed by atoms with Gasteiger partial charge in [-0.05, 0) is 6.07 Å². The van der Waals surface area contributed by atoms with Crippen LogP contribution in [0.5, 0.6) is 0 Å². The standard InChI is InChI=1S/C15H21N4O11P/c16-7(20)4-15(18,14(24)25)11(30-31(26,27)28)10-8(21)9(22)13(29-10)19-3-1-2-6(5-19)12(17)23/h1-3,5,8-11,13,21-22H,4,18H2,(H6-,16,17,20,23,24,25,26,27,28)/t8-,9+,10+,11?,13+,15-/m0/s1. The summed E-state index contributed by atoms with van der Waals surface area (Å²) in [4.78, 5) is 54.9. The minimum Gasteiger partial charge on any atom is -0.756 e. The third kappa shape index (κ3) is 5.41. The van der Waals surface area contributed by atoms with E-state index in [1.807, 2.05) is 0 Å². The van der Waals surface area contributed by atoms with Crippen molar-refractivity contribution in [2.45, 2.75) is 42.6 Å². The van der Waals surface area contributed by atoms with E-state index in [2.05, 4.69) is 4.52 Å². The number of aliphatic carboxylic acids is 1. The van der Waals surface area contributed by atoms with Crippen molar-refractivity contribution < 1.29 is 57.9 Å². The predicted molar refractivity (Wildman–Crippen MR) is 94.1 cm³/mol. The van der Waals surface area contributed by atoms with E-state index in [9.17, 15) is 39.2 Å². The molecule has 172 valence electrons. The van der Waals surface area contributed by atoms with Crippen molar-refractivity contribution in [1.29, 1.82) is 0 Å². The van der Waals surface area contributed by atoms with Crippen LogP contribution in [-0.2, 0) is 23.4 Å². The number of pyridine rings is 1. The van der Waals surface area contributed by atoms with Gasteiger partial charge < -0.3 is 51.6 Å². The summed E-state index contributed by atoms with van der Waals surface area (Å²) in [7, 11) is -5.70. The van der Waals surface area contributed by atoms with E-state index in [1.54, 1.807) is 0 Å². The molecule has 0 bridgehead atoms. The second-order valence-corrected chi connectivity index (χ2v) is 8.01. The molecule has 2 amide bonds. The van der Waals surface area contributed by atoms with Gasteiger partial charge in [-0.15, -0.1) is 0 Å². The molecule has 0 aliphatic carbocycles. The van der Waals surface area contributed by atoms with Crippen molar-refractivity contribution in [3.8, 4) is 0 Å². The number of aromatic nitrogens is 1. The van der Waals surface area contributed by atoms with Crippen molar-refractivity contribution in [2.24, 2.45) is 17.2 Å². The van der Waals surface area contributed by atoms with E-state index in [1.165, 1.54) is 18.3 Å². The predicted octanol–water partition coefficient (Wildman–Crippen LogP) is -4.80. The Morgan fingerprint density at radius 3 is 2.42 bits per heavy atom. The Balaban J connectivity index is 2.50. The lowest BCUT2D eigenvalue weighted by atomic mass is 9.84. The number of primary amides is 2. The fraction of sp³-hybridized carbons (Fsp3) is 0.467. The smallest absolute Gasteiger partial charge is 0.327 e. The topological polar surface area (TPSA) is 273 Å². The minimum absolute atomic E-state index is 0.0177. The number of hydrogen-bond donors (Lipinski definition) is 7. The van der Waals surface area contributed by atoms with E-state index in [0.29, 0.717) is 0 Å². The van der Waals surface area contributed by atoms with Gasteiger partial charge in [0.15, 0.2) is 24.0 Å². The monoisotopic (exact) mass is 464 g/mol. The molecule has 0 saturated carbocycles. The Morgan fingerprint density at radius 1 is 1.32 bits per heavy atom. The van der Waals surface area contributed by atoms with Crippen molar-refractivity contribution in [3.05, 3.63) is 30.1 Å². The third-order valence-electron chi connectivity index (χ3n) is 4.59. The number of carbonyl (C=O) groups is 3. The lowest BCUT2D eigenvalue weighted by molar-refractivity contribution is -0.766. The van der Waals surface area contributed by atoms with Crippen LogP contribution in [0, 0.1) is 0 Å². The van der Waals surface area contributed by atoms with Crippen molar-refractivity contribution in [3.63, 3.8) is 0 Å². The fourth-order valence-corrected chi connectivity index (χ4v) is 3.75. The molecule has 1 aliphatic rings. The highest BCUT2D eigenvalue weighted by atomic mass is 31.2. The second kappa shape index (κ2) is 8.94. The highest BCUT2D eigenvalue weighted by molar-refractivity contribution is 7.44. The Hall–Kier alpha value is -2.49. The molecule has 31 heavy (non-hydrogen) atoms. The highest BCUT2D eigenvalue weighted by Crippen LogP contribution is 2.41. The zero-order chi connectivity index (χ0) is 23.7. The molecule has 0 radical (unpaired) electrons. The van der Waals surface area contributed by atoms with Crippen LogP contribution in [-0.4, -0.2) is 68.0 Å². The first-order valence-corrected chi connectivity index (χ1v) is 10.0. The molecule has 1 aromatic rings. The Morgan fingerprint density at radius 2 is 1.94 bits per heavy atom. The van der Waals surface area contributed by atoms with Crippen molar-refractivity contribution >= 4 is 25.6 Å². The van der Waals surface area contributed by atoms with Crippen molar-refractivity contribution in [1.82, 2.24) is 0 Å². The first-order chi connectivity index (χ1) is 14.2. The minimum atomic E-state index is -5.70. The van der Waals surface area contributed by atoms with Crippen LogP contribution in [0.4, 0.5) is 0 Å². The molecule has 1 fully saturated rings. The Kier molecular flexibility index (Phi) is 7.14. The molecule has 1 aromatic heterocycles. The average Bonchev–Trinajstić information content (AvgIpc) is 2.93. The van der Waals surface area contributed by atoms with Gasteiger partial charge >= 0.3 is 5.97 Å². The summed E-state index contributed by atoms with van der Waals surface area (Å²) in [5.41, 5.74) is 13.0. The second-order valence-electron chi connectivity index (χ2n) is 6.86. The molecule has 7 atom stereocenters. The molecule has 0 aromatic carbocycles. The maximum Gasteiger partial charge on any atom is 0.327 e. The summed E-state index contributed by atoms with van der Waals surface area (Å²) in [6.45, 7) is 0. The average molecular weight is 464 g/mol. The summed E-state index contributed by atoms with van der Waals surface area (Å²) >= 11 is 0. The van der Waals surface area contributed by atoms with Gasteiger partial charge in [0.25, 0.3) is 20.0 Å². The molecule has 15 nitrogen and oxygen atoms in total. The molecular formula is C15H21N4O11P. The number of hydrogen-bond acceptors (Lipinski definition) is 10. The highest BCUT2D eigenvalue weighted by Gasteiger charge is 2.59. The zero-order valence-corrected chi connectivity index (χ0v) is 16.6. The summed E-state index contributed by atoms with van der Waals surface area (Å²) in [5.74, 6) is -4.08. The van der Waals surface area contributed by atoms with E-state index in [-0.39, 0.29) is 5.56 Å². The normalized spacial score (nSPS) is 28.3. The number of nitrogens with zero attached hydrogens (tertiary/aromatic N) is 1. The van der Waals surface area contributed by atoms with Gasteiger partial charge in [-0.2, -0.15) is 4.57 Å². The van der Waals surface area contributed by atoms with Crippen LogP contribution in [0.25, 0.3) is 0 Å². The van der Waals surface area contributed by atoms with Crippen LogP contribution >= 0.6 is 7.82 Å².